The van der Waals surface area contributed by atoms with Gasteiger partial charge in [-0.15, -0.1) is 0 Å². The van der Waals surface area contributed by atoms with Crippen LogP contribution in [0.5, 0.6) is 11.9 Å². The summed E-state index contributed by atoms with van der Waals surface area (Å²) in [6, 6.07) is 2.15. The Labute approximate surface area is 192 Å². The summed E-state index contributed by atoms with van der Waals surface area (Å²) in [6.07, 6.45) is 8.33. The number of hydrogen-bond acceptors (Lipinski definition) is 10. The Morgan fingerprint density at radius 1 is 1.06 bits per heavy atom. The number of anilines is 1. The summed E-state index contributed by atoms with van der Waals surface area (Å²) in [5, 5.41) is 0.847. The second-order valence-corrected chi connectivity index (χ2v) is 8.44. The fourth-order valence-electron chi connectivity index (χ4n) is 4.59. The molecule has 1 atom stereocenters. The molecule has 33 heavy (non-hydrogen) atoms. The number of likely N-dealkylation sites (tertiary alicyclic amines) is 1. The molecular weight excluding hydrogens is 424 g/mol. The van der Waals surface area contributed by atoms with E-state index in [1.165, 1.54) is 45.8 Å². The van der Waals surface area contributed by atoms with E-state index >= 15 is 0 Å². The second kappa shape index (κ2) is 9.88. The van der Waals surface area contributed by atoms with Crippen LogP contribution >= 0.6 is 0 Å². The topological polar surface area (TPSA) is 98.9 Å². The van der Waals surface area contributed by atoms with E-state index in [1.54, 1.807) is 13.3 Å². The first kappa shape index (κ1) is 21.8. The molecule has 3 aromatic rings. The average Bonchev–Trinajstić information content (AvgIpc) is 3.51. The van der Waals surface area contributed by atoms with E-state index in [1.807, 2.05) is 6.07 Å². The third-order valence-electron chi connectivity index (χ3n) is 6.34. The lowest BCUT2D eigenvalue weighted by molar-refractivity contribution is 0.0467. The summed E-state index contributed by atoms with van der Waals surface area (Å²) >= 11 is 0. The predicted molar refractivity (Wildman–Crippen MR) is 123 cm³/mol. The van der Waals surface area contributed by atoms with Gasteiger partial charge in [0, 0.05) is 25.8 Å². The zero-order valence-corrected chi connectivity index (χ0v) is 19.2. The highest BCUT2D eigenvalue weighted by Gasteiger charge is 2.27. The van der Waals surface area contributed by atoms with Crippen molar-refractivity contribution in [2.24, 2.45) is 0 Å². The fraction of sp³-hybridized carbons (Fsp3) is 0.565. The molecule has 2 fully saturated rings. The molecule has 5 rings (SSSR count). The van der Waals surface area contributed by atoms with Crippen molar-refractivity contribution >= 4 is 16.9 Å². The maximum atomic E-state index is 6.20. The van der Waals surface area contributed by atoms with Crippen LogP contribution in [-0.2, 0) is 4.74 Å². The van der Waals surface area contributed by atoms with Crippen LogP contribution in [0, 0.1) is 0 Å². The highest BCUT2D eigenvalue weighted by Crippen LogP contribution is 2.36. The van der Waals surface area contributed by atoms with Gasteiger partial charge < -0.3 is 28.4 Å². The molecule has 176 valence electrons. The van der Waals surface area contributed by atoms with Crippen LogP contribution in [0.15, 0.2) is 23.0 Å². The lowest BCUT2D eigenvalue weighted by Gasteiger charge is -2.26. The van der Waals surface area contributed by atoms with Crippen molar-refractivity contribution in [1.29, 1.82) is 0 Å². The highest BCUT2D eigenvalue weighted by atomic mass is 16.5. The van der Waals surface area contributed by atoms with Crippen molar-refractivity contribution in [3.05, 3.63) is 18.6 Å². The molecule has 0 bridgehead atoms. The molecule has 2 aliphatic rings. The Bertz CT molecular complexity index is 1080. The Morgan fingerprint density at radius 3 is 2.76 bits per heavy atom. The van der Waals surface area contributed by atoms with E-state index in [2.05, 4.69) is 29.7 Å². The molecule has 2 saturated heterocycles. The van der Waals surface area contributed by atoms with Crippen LogP contribution in [0.1, 0.15) is 25.7 Å². The first-order valence-electron chi connectivity index (χ1n) is 11.5. The molecular formula is C23H30N6O4. The molecule has 2 aliphatic heterocycles. The summed E-state index contributed by atoms with van der Waals surface area (Å²) in [7, 11) is 3.06. The number of aromatic nitrogens is 4. The van der Waals surface area contributed by atoms with Crippen molar-refractivity contribution < 1.29 is 18.6 Å². The van der Waals surface area contributed by atoms with Gasteiger partial charge in [0.1, 0.15) is 17.9 Å². The molecule has 0 aromatic carbocycles. The third kappa shape index (κ3) is 4.72. The van der Waals surface area contributed by atoms with Crippen LogP contribution < -0.4 is 14.4 Å². The quantitative estimate of drug-likeness (QED) is 0.505. The van der Waals surface area contributed by atoms with Gasteiger partial charge in [0.25, 0.3) is 0 Å². The third-order valence-corrected chi connectivity index (χ3v) is 6.34. The molecule has 0 aliphatic carbocycles. The number of ether oxygens (including phenoxy) is 3. The standard InChI is InChI=1S/C23H30N6O4/c1-30-22-18(13-24-23(27-22)31-2)19-12-17-20(25-15-26-21(17)33-19)29-9-6-16(14-29)32-11-10-28-7-4-3-5-8-28/h12-13,15-16H,3-11,14H2,1-2H3. The first-order valence-corrected chi connectivity index (χ1v) is 11.5. The lowest BCUT2D eigenvalue weighted by atomic mass is 10.1. The summed E-state index contributed by atoms with van der Waals surface area (Å²) < 4.78 is 22.7. The number of rotatable bonds is 8. The smallest absolute Gasteiger partial charge is 0.319 e. The maximum Gasteiger partial charge on any atom is 0.319 e. The molecule has 1 unspecified atom stereocenters. The minimum absolute atomic E-state index is 0.209. The van der Waals surface area contributed by atoms with Gasteiger partial charge in [-0.25, -0.2) is 15.0 Å². The van der Waals surface area contributed by atoms with E-state index < -0.39 is 0 Å². The van der Waals surface area contributed by atoms with Crippen molar-refractivity contribution in [1.82, 2.24) is 24.8 Å². The zero-order chi connectivity index (χ0) is 22.6. The van der Waals surface area contributed by atoms with Crippen LogP contribution in [0.3, 0.4) is 0 Å². The highest BCUT2D eigenvalue weighted by molar-refractivity contribution is 5.90. The normalized spacial score (nSPS) is 19.3. The monoisotopic (exact) mass is 454 g/mol. The molecule has 3 aromatic heterocycles. The van der Waals surface area contributed by atoms with Crippen LogP contribution in [0.25, 0.3) is 22.4 Å². The maximum absolute atomic E-state index is 6.20. The van der Waals surface area contributed by atoms with Crippen molar-refractivity contribution in [2.75, 3.05) is 58.5 Å². The number of piperidine rings is 1. The van der Waals surface area contributed by atoms with Crippen LogP contribution in [0.2, 0.25) is 0 Å². The Balaban J connectivity index is 1.29. The summed E-state index contributed by atoms with van der Waals surface area (Å²) in [5.74, 6) is 1.80. The van der Waals surface area contributed by atoms with Crippen molar-refractivity contribution in [3.8, 4) is 23.2 Å². The number of fused-ring (bicyclic) bond motifs is 1. The predicted octanol–water partition coefficient (Wildman–Crippen LogP) is 2.78. The molecule has 0 saturated carbocycles. The zero-order valence-electron chi connectivity index (χ0n) is 19.2. The van der Waals surface area contributed by atoms with E-state index in [4.69, 9.17) is 18.6 Å². The fourth-order valence-corrected chi connectivity index (χ4v) is 4.59. The molecule has 10 nitrogen and oxygen atoms in total. The lowest BCUT2D eigenvalue weighted by Crippen LogP contribution is -2.34. The van der Waals surface area contributed by atoms with Gasteiger partial charge in [0.05, 0.1) is 37.9 Å². The van der Waals surface area contributed by atoms with Crippen LogP contribution in [0.4, 0.5) is 5.82 Å². The molecule has 0 amide bonds. The van der Waals surface area contributed by atoms with E-state index in [-0.39, 0.29) is 12.1 Å². The first-order chi connectivity index (χ1) is 16.2. The SMILES string of the molecule is COc1ncc(-c2cc3c(N4CCC(OCCN5CCCCC5)C4)ncnc3o2)c(OC)n1. The van der Waals surface area contributed by atoms with Gasteiger partial charge in [-0.1, -0.05) is 6.42 Å². The minimum atomic E-state index is 0.209. The Kier molecular flexibility index (Phi) is 6.54. The molecule has 0 spiro atoms. The number of furan rings is 1. The Morgan fingerprint density at radius 2 is 1.94 bits per heavy atom. The van der Waals surface area contributed by atoms with Gasteiger partial charge >= 0.3 is 6.01 Å². The summed E-state index contributed by atoms with van der Waals surface area (Å²) in [4.78, 5) is 22.1. The summed E-state index contributed by atoms with van der Waals surface area (Å²) in [6.45, 7) is 5.89. The second-order valence-electron chi connectivity index (χ2n) is 8.44. The van der Waals surface area contributed by atoms with E-state index in [0.29, 0.717) is 22.9 Å². The Hall–Kier alpha value is -2.98. The van der Waals surface area contributed by atoms with Gasteiger partial charge in [0.2, 0.25) is 11.6 Å². The number of hydrogen-bond donors (Lipinski definition) is 0. The van der Waals surface area contributed by atoms with Gasteiger partial charge in [0.15, 0.2) is 0 Å². The van der Waals surface area contributed by atoms with Gasteiger partial charge in [-0.05, 0) is 38.4 Å². The molecule has 0 N–H and O–H groups in total. The average molecular weight is 455 g/mol. The number of nitrogens with zero attached hydrogens (tertiary/aromatic N) is 6. The number of methoxy groups -OCH3 is 2. The molecule has 5 heterocycles. The van der Waals surface area contributed by atoms with Crippen molar-refractivity contribution in [3.63, 3.8) is 0 Å². The molecule has 0 radical (unpaired) electrons. The van der Waals surface area contributed by atoms with E-state index in [9.17, 15) is 0 Å². The van der Waals surface area contributed by atoms with Crippen LogP contribution in [-0.4, -0.2) is 84.5 Å². The van der Waals surface area contributed by atoms with E-state index in [0.717, 1.165) is 43.9 Å². The molecule has 10 heteroatoms. The summed E-state index contributed by atoms with van der Waals surface area (Å²) in [5.41, 5.74) is 1.14. The van der Waals surface area contributed by atoms with Crippen molar-refractivity contribution in [2.45, 2.75) is 31.8 Å². The van der Waals surface area contributed by atoms with Gasteiger partial charge in [-0.3, -0.25) is 0 Å². The largest absolute Gasteiger partial charge is 0.480 e. The van der Waals surface area contributed by atoms with Gasteiger partial charge in [-0.2, -0.15) is 4.98 Å². The minimum Gasteiger partial charge on any atom is -0.480 e.